The molecule has 0 aliphatic carbocycles. The number of halogens is 1. The molecule has 2 rings (SSSR count). The highest BCUT2D eigenvalue weighted by molar-refractivity contribution is 9.10. The first-order chi connectivity index (χ1) is 10.9. The second-order valence-corrected chi connectivity index (χ2v) is 5.91. The minimum absolute atomic E-state index is 0.0392. The van der Waals surface area contributed by atoms with E-state index in [1.165, 1.54) is 6.07 Å². The average molecular weight is 378 g/mol. The minimum Gasteiger partial charge on any atom is -0.507 e. The molecule has 0 radical (unpaired) electrons. The molecule has 0 bridgehead atoms. The summed E-state index contributed by atoms with van der Waals surface area (Å²) in [6, 6.07) is 10.1. The van der Waals surface area contributed by atoms with E-state index in [0.29, 0.717) is 11.3 Å². The number of phenolic OH excluding ortho intramolecular Hbond substituents is 1. The van der Waals surface area contributed by atoms with Crippen LogP contribution in [0.3, 0.4) is 0 Å². The first-order valence-electron chi connectivity index (χ1n) is 6.90. The Morgan fingerprint density at radius 3 is 2.61 bits per heavy atom. The molecule has 5 nitrogen and oxygen atoms in total. The van der Waals surface area contributed by atoms with Gasteiger partial charge in [0.2, 0.25) is 0 Å². The lowest BCUT2D eigenvalue weighted by atomic mass is 10.1. The Balaban J connectivity index is 1.94. The van der Waals surface area contributed by atoms with Crippen LogP contribution in [0.1, 0.15) is 21.5 Å². The fourth-order valence-corrected chi connectivity index (χ4v) is 2.20. The summed E-state index contributed by atoms with van der Waals surface area (Å²) < 4.78 is 5.87. The number of anilines is 1. The second-order valence-electron chi connectivity index (χ2n) is 5.06. The number of carbonyl (C=O) groups excluding carboxylic acids is 2. The van der Waals surface area contributed by atoms with Gasteiger partial charge in [0.05, 0.1) is 0 Å². The van der Waals surface area contributed by atoms with Crippen LogP contribution in [0.2, 0.25) is 0 Å². The van der Waals surface area contributed by atoms with Crippen molar-refractivity contribution in [2.75, 3.05) is 11.9 Å². The Morgan fingerprint density at radius 2 is 1.91 bits per heavy atom. The van der Waals surface area contributed by atoms with Gasteiger partial charge in [-0.3, -0.25) is 4.79 Å². The maximum Gasteiger partial charge on any atom is 0.342 e. The molecule has 0 aliphatic heterocycles. The Bertz CT molecular complexity index is 758. The Labute approximate surface area is 142 Å². The number of aromatic hydroxyl groups is 1. The van der Waals surface area contributed by atoms with Crippen molar-refractivity contribution in [3.63, 3.8) is 0 Å². The zero-order valence-corrected chi connectivity index (χ0v) is 14.3. The Kier molecular flexibility index (Phi) is 5.39. The Morgan fingerprint density at radius 1 is 1.17 bits per heavy atom. The van der Waals surface area contributed by atoms with Crippen molar-refractivity contribution in [1.29, 1.82) is 0 Å². The molecule has 2 N–H and O–H groups in total. The van der Waals surface area contributed by atoms with Crippen LogP contribution in [-0.4, -0.2) is 23.6 Å². The molecular weight excluding hydrogens is 362 g/mol. The van der Waals surface area contributed by atoms with Gasteiger partial charge in [0.25, 0.3) is 5.91 Å². The van der Waals surface area contributed by atoms with Crippen LogP contribution >= 0.6 is 15.9 Å². The van der Waals surface area contributed by atoms with E-state index in [2.05, 4.69) is 21.2 Å². The highest BCUT2D eigenvalue weighted by Crippen LogP contribution is 2.22. The molecule has 0 fully saturated rings. The summed E-state index contributed by atoms with van der Waals surface area (Å²) in [5.74, 6) is -1.33. The van der Waals surface area contributed by atoms with Gasteiger partial charge in [0.15, 0.2) is 6.61 Å². The van der Waals surface area contributed by atoms with E-state index in [1.807, 2.05) is 13.0 Å². The monoisotopic (exact) mass is 377 g/mol. The van der Waals surface area contributed by atoms with Gasteiger partial charge in [0, 0.05) is 10.2 Å². The summed E-state index contributed by atoms with van der Waals surface area (Å²) in [5.41, 5.74) is 2.20. The molecule has 0 aliphatic rings. The fraction of sp³-hybridized carbons (Fsp3) is 0.176. The molecule has 2 aromatic rings. The number of aryl methyl sites for hydroxylation is 2. The zero-order valence-electron chi connectivity index (χ0n) is 12.7. The number of phenols is 1. The quantitative estimate of drug-likeness (QED) is 0.798. The third-order valence-electron chi connectivity index (χ3n) is 3.23. The van der Waals surface area contributed by atoms with Crippen LogP contribution in [0.5, 0.6) is 5.75 Å². The van der Waals surface area contributed by atoms with Gasteiger partial charge in [-0.15, -0.1) is 0 Å². The van der Waals surface area contributed by atoms with Crippen LogP contribution in [0, 0.1) is 13.8 Å². The summed E-state index contributed by atoms with van der Waals surface area (Å²) in [6.07, 6.45) is 0. The standard InChI is InChI=1S/C17H16BrNO4/c1-10-4-3-5-13(16(10)21)17(22)23-9-15(20)19-12-6-7-14(18)11(2)8-12/h3-8,21H,9H2,1-2H3,(H,19,20). The molecule has 120 valence electrons. The van der Waals surface area contributed by atoms with Gasteiger partial charge >= 0.3 is 5.97 Å². The first-order valence-corrected chi connectivity index (χ1v) is 7.69. The van der Waals surface area contributed by atoms with Crippen molar-refractivity contribution in [3.8, 4) is 5.75 Å². The molecule has 1 amide bonds. The summed E-state index contributed by atoms with van der Waals surface area (Å²) in [4.78, 5) is 23.7. The molecule has 0 saturated carbocycles. The van der Waals surface area contributed by atoms with Gasteiger partial charge in [-0.2, -0.15) is 0 Å². The van der Waals surface area contributed by atoms with Crippen LogP contribution in [0.25, 0.3) is 0 Å². The largest absolute Gasteiger partial charge is 0.507 e. The van der Waals surface area contributed by atoms with Gasteiger partial charge in [-0.05, 0) is 49.2 Å². The molecule has 0 heterocycles. The summed E-state index contributed by atoms with van der Waals surface area (Å²) in [5, 5.41) is 12.5. The van der Waals surface area contributed by atoms with Crippen molar-refractivity contribution in [3.05, 3.63) is 57.6 Å². The van der Waals surface area contributed by atoms with Gasteiger partial charge in [0.1, 0.15) is 11.3 Å². The number of ether oxygens (including phenoxy) is 1. The summed E-state index contributed by atoms with van der Waals surface area (Å²) in [6.45, 7) is 3.15. The van der Waals surface area contributed by atoms with E-state index >= 15 is 0 Å². The molecule has 0 saturated heterocycles. The number of hydrogen-bond donors (Lipinski definition) is 2. The maximum atomic E-state index is 11.9. The highest BCUT2D eigenvalue weighted by atomic mass is 79.9. The second kappa shape index (κ2) is 7.28. The van der Waals surface area contributed by atoms with E-state index in [-0.39, 0.29) is 11.3 Å². The predicted molar refractivity (Wildman–Crippen MR) is 90.6 cm³/mol. The molecule has 23 heavy (non-hydrogen) atoms. The first kappa shape index (κ1) is 17.0. The molecule has 0 aromatic heterocycles. The van der Waals surface area contributed by atoms with Crippen molar-refractivity contribution < 1.29 is 19.4 Å². The van der Waals surface area contributed by atoms with Crippen LogP contribution < -0.4 is 5.32 Å². The van der Waals surface area contributed by atoms with E-state index < -0.39 is 18.5 Å². The maximum absolute atomic E-state index is 11.9. The van der Waals surface area contributed by atoms with Crippen LogP contribution in [0.4, 0.5) is 5.69 Å². The topological polar surface area (TPSA) is 75.6 Å². The lowest BCUT2D eigenvalue weighted by molar-refractivity contribution is -0.119. The Hall–Kier alpha value is -2.34. The van der Waals surface area contributed by atoms with Crippen LogP contribution in [0.15, 0.2) is 40.9 Å². The van der Waals surface area contributed by atoms with E-state index in [9.17, 15) is 14.7 Å². The lowest BCUT2D eigenvalue weighted by Crippen LogP contribution is -2.21. The summed E-state index contributed by atoms with van der Waals surface area (Å²) in [7, 11) is 0. The number of hydrogen-bond acceptors (Lipinski definition) is 4. The van der Waals surface area contributed by atoms with Crippen molar-refractivity contribution in [2.24, 2.45) is 0 Å². The van der Waals surface area contributed by atoms with Crippen molar-refractivity contribution in [1.82, 2.24) is 0 Å². The van der Waals surface area contributed by atoms with E-state index in [1.54, 1.807) is 31.2 Å². The zero-order chi connectivity index (χ0) is 17.0. The van der Waals surface area contributed by atoms with Gasteiger partial charge < -0.3 is 15.2 Å². The molecular formula is C17H16BrNO4. The number of rotatable bonds is 4. The number of benzene rings is 2. The normalized spacial score (nSPS) is 10.2. The average Bonchev–Trinajstić information content (AvgIpc) is 2.51. The number of carbonyl (C=O) groups is 2. The van der Waals surface area contributed by atoms with Crippen molar-refractivity contribution in [2.45, 2.75) is 13.8 Å². The minimum atomic E-state index is -0.742. The van der Waals surface area contributed by atoms with E-state index in [4.69, 9.17) is 4.74 Å². The van der Waals surface area contributed by atoms with Crippen LogP contribution in [-0.2, 0) is 9.53 Å². The fourth-order valence-electron chi connectivity index (χ4n) is 1.95. The SMILES string of the molecule is Cc1cc(NC(=O)COC(=O)c2cccc(C)c2O)ccc1Br. The molecule has 0 unspecified atom stereocenters. The number of para-hydroxylation sites is 1. The smallest absolute Gasteiger partial charge is 0.342 e. The number of amides is 1. The highest BCUT2D eigenvalue weighted by Gasteiger charge is 2.15. The number of esters is 1. The third-order valence-corrected chi connectivity index (χ3v) is 4.12. The predicted octanol–water partition coefficient (Wildman–Crippen LogP) is 3.57. The molecule has 0 atom stereocenters. The van der Waals surface area contributed by atoms with Gasteiger partial charge in [-0.1, -0.05) is 28.1 Å². The molecule has 2 aromatic carbocycles. The molecule has 0 spiro atoms. The van der Waals surface area contributed by atoms with E-state index in [0.717, 1.165) is 10.0 Å². The summed E-state index contributed by atoms with van der Waals surface area (Å²) >= 11 is 3.38. The number of nitrogens with one attached hydrogen (secondary N) is 1. The lowest BCUT2D eigenvalue weighted by Gasteiger charge is -2.09. The van der Waals surface area contributed by atoms with Crippen molar-refractivity contribution >= 4 is 33.5 Å². The molecule has 6 heteroatoms. The third kappa shape index (κ3) is 4.32. The van der Waals surface area contributed by atoms with Gasteiger partial charge in [-0.25, -0.2) is 4.79 Å².